The normalized spacial score (nSPS) is 22.8. The van der Waals surface area contributed by atoms with Crippen LogP contribution in [-0.4, -0.2) is 67.5 Å². The van der Waals surface area contributed by atoms with Gasteiger partial charge in [-0.05, 0) is 71.6 Å². The fourth-order valence-electron chi connectivity index (χ4n) is 4.31. The fourth-order valence-corrected chi connectivity index (χ4v) is 4.31. The van der Waals surface area contributed by atoms with E-state index in [0.29, 0.717) is 25.7 Å². The second-order valence-corrected chi connectivity index (χ2v) is 10.3. The van der Waals surface area contributed by atoms with Crippen molar-refractivity contribution in [2.24, 2.45) is 5.92 Å². The number of methoxy groups -OCH3 is 2. The van der Waals surface area contributed by atoms with Gasteiger partial charge in [-0.2, -0.15) is 0 Å². The number of allylic oxidation sites excluding steroid dienone is 1. The van der Waals surface area contributed by atoms with Crippen molar-refractivity contribution in [3.05, 3.63) is 42.2 Å². The van der Waals surface area contributed by atoms with Crippen LogP contribution >= 0.6 is 0 Å². The molecule has 1 aromatic carbocycles. The minimum absolute atomic E-state index is 0.0241. The summed E-state index contributed by atoms with van der Waals surface area (Å²) in [6.45, 7) is 8.38. The molecule has 1 aliphatic rings. The number of hydrogen-bond donors (Lipinski definition) is 0. The Morgan fingerprint density at radius 2 is 1.81 bits per heavy atom. The number of carbonyl (C=O) groups excluding carboxylic acids is 3. The van der Waals surface area contributed by atoms with Crippen LogP contribution in [0.4, 0.5) is 4.79 Å². The lowest BCUT2D eigenvalue weighted by molar-refractivity contribution is -0.163. The predicted molar refractivity (Wildman–Crippen MR) is 138 cm³/mol. The van der Waals surface area contributed by atoms with Gasteiger partial charge in [0.05, 0.1) is 13.4 Å². The molecule has 0 spiro atoms. The van der Waals surface area contributed by atoms with Crippen molar-refractivity contribution >= 4 is 17.8 Å². The molecule has 0 bridgehead atoms. The van der Waals surface area contributed by atoms with E-state index in [9.17, 15) is 14.4 Å². The fraction of sp³-hybridized carbons (Fsp3) is 0.607. The Balaban J connectivity index is 2.33. The number of hydrogen-bond acceptors (Lipinski definition) is 8. The molecule has 1 heterocycles. The lowest BCUT2D eigenvalue weighted by atomic mass is 9.86. The molecule has 9 heteroatoms. The van der Waals surface area contributed by atoms with Crippen LogP contribution in [0.15, 0.2) is 36.6 Å². The van der Waals surface area contributed by atoms with Crippen LogP contribution in [0.25, 0.3) is 0 Å². The second kappa shape index (κ2) is 14.0. The van der Waals surface area contributed by atoms with E-state index in [4.69, 9.17) is 23.7 Å². The Morgan fingerprint density at radius 3 is 2.38 bits per heavy atom. The molecule has 0 unspecified atom stereocenters. The summed E-state index contributed by atoms with van der Waals surface area (Å²) in [4.78, 5) is 39.0. The van der Waals surface area contributed by atoms with Crippen LogP contribution < -0.4 is 4.74 Å². The van der Waals surface area contributed by atoms with Crippen LogP contribution in [0.2, 0.25) is 0 Å². The first kappa shape index (κ1) is 30.2. The van der Waals surface area contributed by atoms with Gasteiger partial charge in [-0.1, -0.05) is 18.6 Å². The standard InChI is InChI=1S/C28H41NO8/c1-19(30)15-16-35-25-20(2)36-26(31)24(29(18-33-6)27(32)37-28(3,4)5)10-8-9-22(25)17-21-11-13-23(34-7)14-12-21/h11-16,20,22,24-25H,8-10,17-18H2,1-7H3/b16-15+/t20-,22+,24-,25-/m0/s1. The Morgan fingerprint density at radius 1 is 1.14 bits per heavy atom. The van der Waals surface area contributed by atoms with Gasteiger partial charge in [0.2, 0.25) is 0 Å². The molecule has 1 aliphatic heterocycles. The first-order valence-corrected chi connectivity index (χ1v) is 12.6. The molecule has 0 aliphatic carbocycles. The van der Waals surface area contributed by atoms with Crippen molar-refractivity contribution in [1.29, 1.82) is 0 Å². The van der Waals surface area contributed by atoms with Crippen molar-refractivity contribution in [2.75, 3.05) is 21.0 Å². The summed E-state index contributed by atoms with van der Waals surface area (Å²) in [6, 6.07) is 6.93. The Kier molecular flexibility index (Phi) is 11.4. The zero-order valence-electron chi connectivity index (χ0n) is 23.0. The minimum atomic E-state index is -0.870. The summed E-state index contributed by atoms with van der Waals surface area (Å²) in [5, 5.41) is 0. The van der Waals surface area contributed by atoms with Crippen molar-refractivity contribution in [3.63, 3.8) is 0 Å². The lowest BCUT2D eigenvalue weighted by Crippen LogP contribution is -2.49. The number of ether oxygens (including phenoxy) is 5. The molecule has 0 N–H and O–H groups in total. The molecule has 1 saturated heterocycles. The van der Waals surface area contributed by atoms with Crippen LogP contribution in [-0.2, 0) is 35.0 Å². The molecule has 1 amide bonds. The molecular formula is C28H41NO8. The third-order valence-electron chi connectivity index (χ3n) is 6.02. The molecule has 1 aromatic rings. The predicted octanol–water partition coefficient (Wildman–Crippen LogP) is 4.67. The highest BCUT2D eigenvalue weighted by molar-refractivity contribution is 5.86. The Bertz CT molecular complexity index is 921. The molecule has 0 saturated carbocycles. The van der Waals surface area contributed by atoms with Gasteiger partial charge in [0.15, 0.2) is 5.78 Å². The van der Waals surface area contributed by atoms with E-state index in [1.165, 1.54) is 31.3 Å². The van der Waals surface area contributed by atoms with Gasteiger partial charge in [0.25, 0.3) is 0 Å². The van der Waals surface area contributed by atoms with E-state index in [0.717, 1.165) is 11.3 Å². The zero-order valence-corrected chi connectivity index (χ0v) is 23.0. The number of ketones is 1. The molecule has 4 atom stereocenters. The maximum atomic E-state index is 13.3. The summed E-state index contributed by atoms with van der Waals surface area (Å²) < 4.78 is 27.9. The van der Waals surface area contributed by atoms with Gasteiger partial charge in [-0.25, -0.2) is 9.59 Å². The van der Waals surface area contributed by atoms with Gasteiger partial charge in [-0.15, -0.1) is 0 Å². The van der Waals surface area contributed by atoms with E-state index >= 15 is 0 Å². The van der Waals surface area contributed by atoms with Gasteiger partial charge < -0.3 is 23.7 Å². The van der Waals surface area contributed by atoms with Gasteiger partial charge >= 0.3 is 12.1 Å². The van der Waals surface area contributed by atoms with Crippen LogP contribution in [0, 0.1) is 5.92 Å². The summed E-state index contributed by atoms with van der Waals surface area (Å²) in [7, 11) is 3.08. The Labute approximate surface area is 220 Å². The number of nitrogens with zero attached hydrogens (tertiary/aromatic N) is 1. The number of benzene rings is 1. The van der Waals surface area contributed by atoms with E-state index in [1.54, 1.807) is 34.8 Å². The van der Waals surface area contributed by atoms with Crippen molar-refractivity contribution in [1.82, 2.24) is 4.90 Å². The molecule has 1 fully saturated rings. The lowest BCUT2D eigenvalue weighted by Gasteiger charge is -2.32. The van der Waals surface area contributed by atoms with E-state index in [2.05, 4.69) is 0 Å². The number of cyclic esters (lactones) is 1. The second-order valence-electron chi connectivity index (χ2n) is 10.3. The first-order valence-electron chi connectivity index (χ1n) is 12.6. The van der Waals surface area contributed by atoms with Gasteiger partial charge in [-0.3, -0.25) is 9.69 Å². The van der Waals surface area contributed by atoms with E-state index < -0.39 is 35.9 Å². The molecule has 2 rings (SSSR count). The van der Waals surface area contributed by atoms with Crippen LogP contribution in [0.1, 0.15) is 59.4 Å². The summed E-state index contributed by atoms with van der Waals surface area (Å²) >= 11 is 0. The smallest absolute Gasteiger partial charge is 0.412 e. The highest BCUT2D eigenvalue weighted by atomic mass is 16.6. The highest BCUT2D eigenvalue weighted by Crippen LogP contribution is 2.29. The summed E-state index contributed by atoms with van der Waals surface area (Å²) in [5.74, 6) is 0.0431. The average Bonchev–Trinajstić information content (AvgIpc) is 2.86. The highest BCUT2D eigenvalue weighted by Gasteiger charge is 2.39. The van der Waals surface area contributed by atoms with E-state index in [1.807, 2.05) is 24.3 Å². The Hall–Kier alpha value is -3.07. The summed E-state index contributed by atoms with van der Waals surface area (Å²) in [6.07, 6.45) is 3.31. The van der Waals surface area contributed by atoms with E-state index in [-0.39, 0.29) is 18.4 Å². The molecule has 0 radical (unpaired) electrons. The molecule has 0 aromatic heterocycles. The maximum absolute atomic E-state index is 13.3. The zero-order chi connectivity index (χ0) is 27.6. The third-order valence-corrected chi connectivity index (χ3v) is 6.02. The minimum Gasteiger partial charge on any atom is -0.497 e. The van der Waals surface area contributed by atoms with Crippen LogP contribution in [0.5, 0.6) is 5.75 Å². The quantitative estimate of drug-likeness (QED) is 0.201. The SMILES string of the molecule is COCN(C(=O)OC(C)(C)C)[C@H]1CCC[C@H](Cc2ccc(OC)cc2)[C@@H](O/C=C/C(C)=O)[C@H](C)OC1=O. The van der Waals surface area contributed by atoms with Crippen LogP contribution in [0.3, 0.4) is 0 Å². The first-order chi connectivity index (χ1) is 17.4. The largest absolute Gasteiger partial charge is 0.497 e. The topological polar surface area (TPSA) is 101 Å². The maximum Gasteiger partial charge on any atom is 0.412 e. The van der Waals surface area contributed by atoms with Crippen molar-refractivity contribution in [3.8, 4) is 5.75 Å². The molecular weight excluding hydrogens is 478 g/mol. The number of amides is 1. The number of esters is 1. The number of carbonyl (C=O) groups is 3. The number of rotatable bonds is 9. The van der Waals surface area contributed by atoms with Gasteiger partial charge in [0.1, 0.15) is 36.3 Å². The summed E-state index contributed by atoms with van der Waals surface area (Å²) in [5.41, 5.74) is 0.351. The monoisotopic (exact) mass is 519 g/mol. The molecule has 9 nitrogen and oxygen atoms in total. The molecule has 37 heavy (non-hydrogen) atoms. The van der Waals surface area contributed by atoms with Crippen molar-refractivity contribution in [2.45, 2.75) is 84.2 Å². The molecule has 206 valence electrons. The average molecular weight is 520 g/mol. The third kappa shape index (κ3) is 9.72. The van der Waals surface area contributed by atoms with Gasteiger partial charge in [0, 0.05) is 19.1 Å². The van der Waals surface area contributed by atoms with Crippen molar-refractivity contribution < 1.29 is 38.1 Å².